The monoisotopic (exact) mass is 421 g/mol. The summed E-state index contributed by atoms with van der Waals surface area (Å²) < 4.78 is 10.9. The number of piperidine rings is 1. The summed E-state index contributed by atoms with van der Waals surface area (Å²) in [5.74, 6) is -0.413. The van der Waals surface area contributed by atoms with E-state index >= 15 is 0 Å². The zero-order valence-corrected chi connectivity index (χ0v) is 17.0. The lowest BCUT2D eigenvalue weighted by molar-refractivity contribution is -0.151. The van der Waals surface area contributed by atoms with Crippen LogP contribution >= 0.6 is 0 Å². The van der Waals surface area contributed by atoms with Crippen molar-refractivity contribution in [2.75, 3.05) is 26.2 Å². The molecule has 0 bridgehead atoms. The maximum absolute atomic E-state index is 12.4. The van der Waals surface area contributed by atoms with Gasteiger partial charge in [0.05, 0.1) is 0 Å². The second kappa shape index (κ2) is 9.42. The summed E-state index contributed by atoms with van der Waals surface area (Å²) in [6.45, 7) is 0.462. The van der Waals surface area contributed by atoms with Gasteiger partial charge in [0.15, 0.2) is 18.1 Å². The summed E-state index contributed by atoms with van der Waals surface area (Å²) >= 11 is 0. The van der Waals surface area contributed by atoms with E-state index in [1.807, 2.05) is 24.3 Å². The Labute approximate surface area is 179 Å². The topological polar surface area (TPSA) is 102 Å². The standard InChI is InChI=1S/C23H23N3O5/c27-20(15-30-21(28)14-24-22(29)16-6-2-1-3-7-16)26-12-10-17(11-13-26)23-25-18-8-4-5-9-19(18)31-23/h1-9,17H,10-15H2,(H,24,29). The van der Waals surface area contributed by atoms with E-state index in [9.17, 15) is 14.4 Å². The highest BCUT2D eigenvalue weighted by Gasteiger charge is 2.27. The molecule has 1 saturated heterocycles. The number of esters is 1. The van der Waals surface area contributed by atoms with Crippen LogP contribution in [0, 0.1) is 0 Å². The highest BCUT2D eigenvalue weighted by molar-refractivity contribution is 5.96. The van der Waals surface area contributed by atoms with E-state index in [0.29, 0.717) is 24.5 Å². The van der Waals surface area contributed by atoms with Crippen molar-refractivity contribution >= 4 is 28.9 Å². The van der Waals surface area contributed by atoms with Crippen molar-refractivity contribution in [2.45, 2.75) is 18.8 Å². The predicted molar refractivity (Wildman–Crippen MR) is 112 cm³/mol. The van der Waals surface area contributed by atoms with Gasteiger partial charge in [-0.05, 0) is 37.1 Å². The molecule has 31 heavy (non-hydrogen) atoms. The zero-order chi connectivity index (χ0) is 21.6. The molecule has 1 N–H and O–H groups in total. The van der Waals surface area contributed by atoms with Crippen molar-refractivity contribution in [3.05, 3.63) is 66.1 Å². The van der Waals surface area contributed by atoms with Crippen LogP contribution < -0.4 is 5.32 Å². The molecule has 0 radical (unpaired) electrons. The van der Waals surface area contributed by atoms with Gasteiger partial charge in [0.1, 0.15) is 12.1 Å². The summed E-state index contributed by atoms with van der Waals surface area (Å²) in [6.07, 6.45) is 1.47. The maximum Gasteiger partial charge on any atom is 0.325 e. The molecule has 8 nitrogen and oxygen atoms in total. The molecule has 0 saturated carbocycles. The number of nitrogens with one attached hydrogen (secondary N) is 1. The first-order valence-corrected chi connectivity index (χ1v) is 10.2. The van der Waals surface area contributed by atoms with Gasteiger partial charge in [-0.2, -0.15) is 0 Å². The van der Waals surface area contributed by atoms with Crippen LogP contribution in [-0.2, 0) is 14.3 Å². The SMILES string of the molecule is O=C(CNC(=O)c1ccccc1)OCC(=O)N1CCC(c2nc3ccccc3o2)CC1. The summed E-state index contributed by atoms with van der Waals surface area (Å²) in [6, 6.07) is 16.2. The van der Waals surface area contributed by atoms with Crippen LogP contribution in [0.2, 0.25) is 0 Å². The van der Waals surface area contributed by atoms with Gasteiger partial charge in [-0.1, -0.05) is 30.3 Å². The van der Waals surface area contributed by atoms with Crippen LogP contribution in [-0.4, -0.2) is 53.9 Å². The normalized spacial score (nSPS) is 14.4. The van der Waals surface area contributed by atoms with Crippen molar-refractivity contribution in [3.8, 4) is 0 Å². The van der Waals surface area contributed by atoms with Crippen LogP contribution in [0.1, 0.15) is 35.0 Å². The molecule has 4 rings (SSSR count). The number of fused-ring (bicyclic) bond motifs is 1. The van der Waals surface area contributed by atoms with E-state index in [0.717, 1.165) is 23.9 Å². The predicted octanol–water partition coefficient (Wildman–Crippen LogP) is 2.51. The first kappa shape index (κ1) is 20.6. The minimum Gasteiger partial charge on any atom is -0.454 e. The molecule has 1 aliphatic heterocycles. The first-order chi connectivity index (χ1) is 15.1. The number of nitrogens with zero attached hydrogens (tertiary/aromatic N) is 2. The Kier molecular flexibility index (Phi) is 6.26. The van der Waals surface area contributed by atoms with Crippen molar-refractivity contribution in [1.82, 2.24) is 15.2 Å². The van der Waals surface area contributed by atoms with Crippen LogP contribution in [0.25, 0.3) is 11.1 Å². The van der Waals surface area contributed by atoms with Gasteiger partial charge in [-0.25, -0.2) is 4.98 Å². The van der Waals surface area contributed by atoms with E-state index in [4.69, 9.17) is 9.15 Å². The van der Waals surface area contributed by atoms with E-state index < -0.39 is 5.97 Å². The molecule has 0 spiro atoms. The molecule has 2 heterocycles. The quantitative estimate of drug-likeness (QED) is 0.614. The summed E-state index contributed by atoms with van der Waals surface area (Å²) in [5, 5.41) is 2.48. The zero-order valence-electron chi connectivity index (χ0n) is 17.0. The third kappa shape index (κ3) is 5.09. The van der Waals surface area contributed by atoms with Crippen molar-refractivity contribution in [3.63, 3.8) is 0 Å². The smallest absolute Gasteiger partial charge is 0.325 e. The molecule has 8 heteroatoms. The Morgan fingerprint density at radius 2 is 1.74 bits per heavy atom. The van der Waals surface area contributed by atoms with Gasteiger partial charge in [-0.3, -0.25) is 14.4 Å². The number of amides is 2. The van der Waals surface area contributed by atoms with Crippen LogP contribution in [0.3, 0.4) is 0 Å². The minimum absolute atomic E-state index is 0.159. The third-order valence-corrected chi connectivity index (χ3v) is 5.29. The molecule has 3 aromatic rings. The number of aromatic nitrogens is 1. The number of hydrogen-bond donors (Lipinski definition) is 1. The van der Waals surface area contributed by atoms with Gasteiger partial charge < -0.3 is 19.4 Å². The van der Waals surface area contributed by atoms with Crippen molar-refractivity contribution in [2.24, 2.45) is 0 Å². The molecule has 2 aromatic carbocycles. The van der Waals surface area contributed by atoms with E-state index in [1.165, 1.54) is 0 Å². The lowest BCUT2D eigenvalue weighted by Gasteiger charge is -2.30. The summed E-state index contributed by atoms with van der Waals surface area (Å²) in [5.41, 5.74) is 2.05. The molecular weight excluding hydrogens is 398 g/mol. The molecule has 1 fully saturated rings. The van der Waals surface area contributed by atoms with Crippen molar-refractivity contribution in [1.29, 1.82) is 0 Å². The highest BCUT2D eigenvalue weighted by atomic mass is 16.5. The van der Waals surface area contributed by atoms with Gasteiger partial charge in [0, 0.05) is 24.6 Å². The maximum atomic E-state index is 12.4. The number of para-hydroxylation sites is 2. The summed E-state index contributed by atoms with van der Waals surface area (Å²) in [4.78, 5) is 42.4. The molecule has 1 aliphatic rings. The fraction of sp³-hybridized carbons (Fsp3) is 0.304. The van der Waals surface area contributed by atoms with Crippen LogP contribution in [0.5, 0.6) is 0 Å². The second-order valence-electron chi connectivity index (χ2n) is 7.38. The van der Waals surface area contributed by atoms with Crippen LogP contribution in [0.15, 0.2) is 59.0 Å². The highest BCUT2D eigenvalue weighted by Crippen LogP contribution is 2.29. The average Bonchev–Trinajstić information content (AvgIpc) is 3.26. The number of oxazole rings is 1. The number of ether oxygens (including phenoxy) is 1. The van der Waals surface area contributed by atoms with E-state index in [-0.39, 0.29) is 30.9 Å². The fourth-order valence-corrected chi connectivity index (χ4v) is 3.57. The molecular formula is C23H23N3O5. The lowest BCUT2D eigenvalue weighted by Crippen LogP contribution is -2.41. The number of carbonyl (C=O) groups excluding carboxylic acids is 3. The first-order valence-electron chi connectivity index (χ1n) is 10.2. The van der Waals surface area contributed by atoms with Gasteiger partial charge in [0.25, 0.3) is 11.8 Å². The Balaban J connectivity index is 1.19. The molecule has 160 valence electrons. The molecule has 2 amide bonds. The molecule has 0 unspecified atom stereocenters. The number of hydrogen-bond acceptors (Lipinski definition) is 6. The van der Waals surface area contributed by atoms with Crippen LogP contribution in [0.4, 0.5) is 0 Å². The molecule has 0 atom stereocenters. The Bertz CT molecular complexity index is 1040. The number of rotatable bonds is 6. The number of benzene rings is 2. The summed E-state index contributed by atoms with van der Waals surface area (Å²) in [7, 11) is 0. The number of carbonyl (C=O) groups is 3. The average molecular weight is 421 g/mol. The van der Waals surface area contributed by atoms with Crippen molar-refractivity contribution < 1.29 is 23.5 Å². The van der Waals surface area contributed by atoms with E-state index in [2.05, 4.69) is 10.3 Å². The Morgan fingerprint density at radius 3 is 2.48 bits per heavy atom. The van der Waals surface area contributed by atoms with Gasteiger partial charge in [0.2, 0.25) is 0 Å². The van der Waals surface area contributed by atoms with Gasteiger partial charge >= 0.3 is 5.97 Å². The lowest BCUT2D eigenvalue weighted by atomic mass is 9.97. The third-order valence-electron chi connectivity index (χ3n) is 5.29. The largest absolute Gasteiger partial charge is 0.454 e. The minimum atomic E-state index is -0.654. The second-order valence-corrected chi connectivity index (χ2v) is 7.38. The Hall–Kier alpha value is -3.68. The molecule has 1 aromatic heterocycles. The molecule has 0 aliphatic carbocycles. The fourth-order valence-electron chi connectivity index (χ4n) is 3.57. The Morgan fingerprint density at radius 1 is 1.03 bits per heavy atom. The number of likely N-dealkylation sites (tertiary alicyclic amines) is 1. The van der Waals surface area contributed by atoms with Gasteiger partial charge in [-0.15, -0.1) is 0 Å². The van der Waals surface area contributed by atoms with E-state index in [1.54, 1.807) is 35.2 Å².